The van der Waals surface area contributed by atoms with E-state index < -0.39 is 78.0 Å². The van der Waals surface area contributed by atoms with Gasteiger partial charge in [-0.2, -0.15) is 4.39 Å². The van der Waals surface area contributed by atoms with Gasteiger partial charge < -0.3 is 30.1 Å². The Morgan fingerprint density at radius 3 is 2.53 bits per heavy atom. The summed E-state index contributed by atoms with van der Waals surface area (Å²) in [4.78, 5) is 62.3. The number of amides is 3. The van der Waals surface area contributed by atoms with Crippen molar-refractivity contribution < 1.29 is 42.5 Å². The number of ether oxygens (including phenoxy) is 2. The van der Waals surface area contributed by atoms with E-state index in [0.29, 0.717) is 30.3 Å². The molecule has 1 aromatic carbocycles. The SMILES string of the molecule is CC(C)(C)OC(=O)N[C@H]1CCCCCC(F)C[C@@H]2C[C@@]2(C(=O)O)NC(=O)[C@@H]2C[C@](F)(Oc3cnc4ccccc4n3)CN2C1=O. The van der Waals surface area contributed by atoms with Crippen molar-refractivity contribution in [3.8, 4) is 5.88 Å². The molecule has 45 heavy (non-hydrogen) atoms. The summed E-state index contributed by atoms with van der Waals surface area (Å²) in [6, 6.07) is 4.19. The van der Waals surface area contributed by atoms with Gasteiger partial charge in [-0.3, -0.25) is 9.59 Å². The highest BCUT2D eigenvalue weighted by atomic mass is 19.2. The Labute approximate surface area is 259 Å². The molecular weight excluding hydrogens is 592 g/mol. The van der Waals surface area contributed by atoms with Gasteiger partial charge in [0.25, 0.3) is 5.85 Å². The number of benzene rings is 1. The number of alkyl carbamates (subject to hydrolysis) is 1. The summed E-state index contributed by atoms with van der Waals surface area (Å²) in [6.45, 7) is 4.27. The number of fused-ring (bicyclic) bond motifs is 3. The van der Waals surface area contributed by atoms with Crippen molar-refractivity contribution in [2.24, 2.45) is 5.92 Å². The van der Waals surface area contributed by atoms with Gasteiger partial charge in [0.1, 0.15) is 29.4 Å². The molecule has 3 amide bonds. The van der Waals surface area contributed by atoms with Crippen molar-refractivity contribution in [2.45, 2.75) is 107 Å². The number of aliphatic carboxylic acids is 1. The number of halogens is 2. The van der Waals surface area contributed by atoms with Crippen LogP contribution in [0.5, 0.6) is 5.88 Å². The number of hydrogen-bond acceptors (Lipinski definition) is 8. The number of carboxylic acid groups (broad SMARTS) is 1. The highest BCUT2D eigenvalue weighted by Crippen LogP contribution is 2.48. The highest BCUT2D eigenvalue weighted by molar-refractivity contribution is 5.96. The Balaban J connectivity index is 1.45. The molecule has 2 aliphatic heterocycles. The van der Waals surface area contributed by atoms with Crippen molar-refractivity contribution in [1.29, 1.82) is 0 Å². The number of carbonyl (C=O) groups excluding carboxylic acids is 3. The summed E-state index contributed by atoms with van der Waals surface area (Å²) in [6.07, 6.45) is 0.180. The first-order chi connectivity index (χ1) is 21.2. The molecule has 0 spiro atoms. The summed E-state index contributed by atoms with van der Waals surface area (Å²) in [5.74, 6) is -6.43. The summed E-state index contributed by atoms with van der Waals surface area (Å²) in [5, 5.41) is 15.1. The van der Waals surface area contributed by atoms with Crippen molar-refractivity contribution in [3.05, 3.63) is 30.5 Å². The number of carbonyl (C=O) groups is 4. The van der Waals surface area contributed by atoms with E-state index in [4.69, 9.17) is 9.47 Å². The van der Waals surface area contributed by atoms with Gasteiger partial charge >= 0.3 is 12.1 Å². The maximum absolute atomic E-state index is 16.5. The zero-order valence-electron chi connectivity index (χ0n) is 25.6. The Morgan fingerprint density at radius 2 is 1.82 bits per heavy atom. The monoisotopic (exact) mass is 631 g/mol. The number of carboxylic acids is 1. The van der Waals surface area contributed by atoms with Gasteiger partial charge in [0.15, 0.2) is 0 Å². The molecule has 2 saturated heterocycles. The van der Waals surface area contributed by atoms with Crippen molar-refractivity contribution >= 4 is 34.9 Å². The Kier molecular flexibility index (Phi) is 8.87. The molecule has 3 fully saturated rings. The van der Waals surface area contributed by atoms with Crippen LogP contribution < -0.4 is 15.4 Å². The topological polar surface area (TPSA) is 160 Å². The number of rotatable bonds is 4. The van der Waals surface area contributed by atoms with Gasteiger partial charge in [0.05, 0.1) is 23.8 Å². The van der Waals surface area contributed by atoms with Crippen LogP contribution in [0, 0.1) is 5.92 Å². The zero-order valence-corrected chi connectivity index (χ0v) is 25.6. The van der Waals surface area contributed by atoms with Crippen molar-refractivity contribution in [3.63, 3.8) is 0 Å². The average molecular weight is 632 g/mol. The molecular formula is C31H39F2N5O7. The third-order valence-electron chi connectivity index (χ3n) is 8.45. The molecule has 12 nitrogen and oxygen atoms in total. The number of nitrogens with one attached hydrogen (secondary N) is 2. The first-order valence-electron chi connectivity index (χ1n) is 15.3. The van der Waals surface area contributed by atoms with Gasteiger partial charge in [0.2, 0.25) is 17.7 Å². The Hall–Kier alpha value is -4.10. The molecule has 3 aliphatic rings. The lowest BCUT2D eigenvalue weighted by molar-refractivity contribution is -0.146. The minimum Gasteiger partial charge on any atom is -0.479 e. The normalized spacial score (nSPS) is 31.1. The van der Waals surface area contributed by atoms with Crippen LogP contribution in [0.1, 0.15) is 72.1 Å². The second kappa shape index (κ2) is 12.4. The van der Waals surface area contributed by atoms with E-state index in [1.807, 2.05) is 0 Å². The summed E-state index contributed by atoms with van der Waals surface area (Å²) in [5.41, 5.74) is -1.60. The maximum atomic E-state index is 16.5. The minimum absolute atomic E-state index is 0.0158. The van der Waals surface area contributed by atoms with E-state index in [1.54, 1.807) is 45.0 Å². The zero-order chi connectivity index (χ0) is 32.6. The summed E-state index contributed by atoms with van der Waals surface area (Å²) in [7, 11) is 0. The standard InChI is InChI=1S/C31H39F2N5O7/c1-29(2,3)45-28(43)36-22-12-6-4-5-9-19(32)13-18-14-31(18,27(41)42)37-25(39)23-15-30(33,17-38(23)26(22)40)44-24-16-34-20-10-7-8-11-21(20)35-24/h7-8,10-11,16,18-19,22-23H,4-6,9,12-15,17H2,1-3H3,(H,36,43)(H,37,39)(H,41,42)/t18-,19?,22+,23+,30+,31-/m1/s1. The van der Waals surface area contributed by atoms with E-state index in [1.165, 1.54) is 6.20 Å². The molecule has 244 valence electrons. The fourth-order valence-corrected chi connectivity index (χ4v) is 6.16. The number of aromatic nitrogens is 2. The van der Waals surface area contributed by atoms with Gasteiger partial charge in [-0.1, -0.05) is 31.4 Å². The smallest absolute Gasteiger partial charge is 0.408 e. The molecule has 1 unspecified atom stereocenters. The molecule has 1 aromatic heterocycles. The lowest BCUT2D eigenvalue weighted by atomic mass is 10.0. The second-order valence-corrected chi connectivity index (χ2v) is 13.2. The maximum Gasteiger partial charge on any atom is 0.408 e. The van der Waals surface area contributed by atoms with Crippen molar-refractivity contribution in [2.75, 3.05) is 6.54 Å². The third-order valence-corrected chi connectivity index (χ3v) is 8.45. The fraction of sp³-hybridized carbons (Fsp3) is 0.613. The fourth-order valence-electron chi connectivity index (χ4n) is 6.16. The Bertz CT molecular complexity index is 1470. The van der Waals surface area contributed by atoms with Crippen LogP contribution in [-0.4, -0.2) is 85.6 Å². The van der Waals surface area contributed by atoms with Crippen molar-refractivity contribution in [1.82, 2.24) is 25.5 Å². The molecule has 0 bridgehead atoms. The van der Waals surface area contributed by atoms with E-state index in [0.717, 1.165) is 4.90 Å². The lowest BCUT2D eigenvalue weighted by Gasteiger charge is -2.30. The number of alkyl halides is 2. The summed E-state index contributed by atoms with van der Waals surface area (Å²) >= 11 is 0. The van der Waals surface area contributed by atoms with Gasteiger partial charge in [-0.05, 0) is 64.5 Å². The summed E-state index contributed by atoms with van der Waals surface area (Å²) < 4.78 is 42.3. The third kappa shape index (κ3) is 7.42. The van der Waals surface area contributed by atoms with Crippen LogP contribution in [0.15, 0.2) is 30.5 Å². The van der Waals surface area contributed by atoms with E-state index in [2.05, 4.69) is 20.6 Å². The number of nitrogens with zero attached hydrogens (tertiary/aromatic N) is 3. The molecule has 5 rings (SSSR count). The number of hydrogen-bond donors (Lipinski definition) is 3. The van der Waals surface area contributed by atoms with E-state index in [9.17, 15) is 28.7 Å². The van der Waals surface area contributed by atoms with Gasteiger partial charge in [-0.15, -0.1) is 0 Å². The molecule has 1 saturated carbocycles. The van der Waals surface area contributed by atoms with Crippen LogP contribution in [0.25, 0.3) is 11.0 Å². The molecule has 6 atom stereocenters. The lowest BCUT2D eigenvalue weighted by Crippen LogP contribution is -2.56. The molecule has 2 aromatic rings. The molecule has 0 radical (unpaired) electrons. The van der Waals surface area contributed by atoms with Crippen LogP contribution in [0.4, 0.5) is 13.6 Å². The Morgan fingerprint density at radius 1 is 1.11 bits per heavy atom. The predicted molar refractivity (Wildman–Crippen MR) is 156 cm³/mol. The largest absolute Gasteiger partial charge is 0.479 e. The second-order valence-electron chi connectivity index (χ2n) is 13.2. The molecule has 1 aliphatic carbocycles. The van der Waals surface area contributed by atoms with E-state index >= 15 is 4.39 Å². The molecule has 3 heterocycles. The van der Waals surface area contributed by atoms with Crippen LogP contribution in [-0.2, 0) is 19.1 Å². The van der Waals surface area contributed by atoms with Gasteiger partial charge in [0, 0.05) is 6.42 Å². The first kappa shape index (κ1) is 32.3. The quantitative estimate of drug-likeness (QED) is 0.456. The van der Waals surface area contributed by atoms with Crippen LogP contribution >= 0.6 is 0 Å². The highest BCUT2D eigenvalue weighted by Gasteiger charge is 2.63. The molecule has 14 heteroatoms. The average Bonchev–Trinajstić information content (AvgIpc) is 3.52. The number of para-hydroxylation sites is 2. The van der Waals surface area contributed by atoms with E-state index in [-0.39, 0.29) is 31.6 Å². The minimum atomic E-state index is -2.61. The first-order valence-corrected chi connectivity index (χ1v) is 15.3. The van der Waals surface area contributed by atoms with Crippen LogP contribution in [0.3, 0.4) is 0 Å². The van der Waals surface area contributed by atoms with Gasteiger partial charge in [-0.25, -0.2) is 23.9 Å². The molecule has 3 N–H and O–H groups in total. The van der Waals surface area contributed by atoms with Crippen LogP contribution in [0.2, 0.25) is 0 Å². The predicted octanol–water partition coefficient (Wildman–Crippen LogP) is 3.82.